The molecule has 1 unspecified atom stereocenters. The lowest BCUT2D eigenvalue weighted by Gasteiger charge is -2.36. The molecule has 1 aromatic heterocycles. The third-order valence-electron chi connectivity index (χ3n) is 4.81. The highest BCUT2D eigenvalue weighted by Crippen LogP contribution is 2.33. The van der Waals surface area contributed by atoms with Gasteiger partial charge in [-0.15, -0.1) is 0 Å². The van der Waals surface area contributed by atoms with Crippen LogP contribution in [0.25, 0.3) is 0 Å². The second-order valence-corrected chi connectivity index (χ2v) is 5.89. The maximum absolute atomic E-state index is 12.7. The molecule has 0 bridgehead atoms. The Morgan fingerprint density at radius 2 is 2.20 bits per heavy atom. The number of nitrogens with zero attached hydrogens (tertiary/aromatic N) is 2. The fraction of sp³-hybridized carbons (Fsp3) is 0.733. The van der Waals surface area contributed by atoms with Gasteiger partial charge in [-0.3, -0.25) is 9.48 Å². The Balaban J connectivity index is 2.08. The van der Waals surface area contributed by atoms with E-state index in [2.05, 4.69) is 22.7 Å². The second-order valence-electron chi connectivity index (χ2n) is 5.89. The molecule has 1 fully saturated rings. The fourth-order valence-electron chi connectivity index (χ4n) is 3.01. The van der Waals surface area contributed by atoms with E-state index in [4.69, 9.17) is 0 Å². The predicted molar refractivity (Wildman–Crippen MR) is 79.3 cm³/mol. The van der Waals surface area contributed by atoms with Crippen LogP contribution in [0.1, 0.15) is 50.4 Å². The van der Waals surface area contributed by atoms with Crippen LogP contribution in [-0.2, 0) is 11.8 Å². The Morgan fingerprint density at radius 3 is 2.70 bits per heavy atom. The van der Waals surface area contributed by atoms with Gasteiger partial charge >= 0.3 is 0 Å². The average Bonchev–Trinajstić information content (AvgIpc) is 2.79. The zero-order chi connectivity index (χ0) is 14.8. The van der Waals surface area contributed by atoms with Gasteiger partial charge in [0.1, 0.15) is 0 Å². The van der Waals surface area contributed by atoms with Gasteiger partial charge < -0.3 is 10.6 Å². The van der Waals surface area contributed by atoms with E-state index in [-0.39, 0.29) is 17.4 Å². The van der Waals surface area contributed by atoms with Gasteiger partial charge in [0.15, 0.2) is 0 Å². The van der Waals surface area contributed by atoms with Crippen LogP contribution in [0.2, 0.25) is 0 Å². The molecule has 1 aliphatic rings. The van der Waals surface area contributed by atoms with Crippen molar-refractivity contribution in [2.45, 2.75) is 46.1 Å². The molecule has 0 aliphatic carbocycles. The molecule has 1 saturated heterocycles. The van der Waals surface area contributed by atoms with Crippen molar-refractivity contribution in [1.82, 2.24) is 20.4 Å². The van der Waals surface area contributed by atoms with Gasteiger partial charge in [0.05, 0.1) is 17.7 Å². The molecule has 5 heteroatoms. The molecule has 2 N–H and O–H groups in total. The summed E-state index contributed by atoms with van der Waals surface area (Å²) in [4.78, 5) is 12.7. The van der Waals surface area contributed by atoms with E-state index < -0.39 is 0 Å². The quantitative estimate of drug-likeness (QED) is 0.881. The summed E-state index contributed by atoms with van der Waals surface area (Å²) in [5, 5.41) is 10.8. The fourth-order valence-corrected chi connectivity index (χ4v) is 3.01. The van der Waals surface area contributed by atoms with E-state index in [1.807, 2.05) is 31.8 Å². The number of carbonyl (C=O) groups is 1. The minimum atomic E-state index is -0.199. The number of carbonyl (C=O) groups excluding carboxylic acids is 1. The number of rotatable bonds is 4. The first-order chi connectivity index (χ1) is 9.50. The molecule has 1 aliphatic heterocycles. The molecule has 112 valence electrons. The number of aromatic nitrogens is 2. The minimum Gasteiger partial charge on any atom is -0.349 e. The van der Waals surface area contributed by atoms with Gasteiger partial charge in [-0.25, -0.2) is 0 Å². The van der Waals surface area contributed by atoms with Crippen LogP contribution >= 0.6 is 0 Å². The lowest BCUT2D eigenvalue weighted by Crippen LogP contribution is -2.47. The lowest BCUT2D eigenvalue weighted by molar-refractivity contribution is -0.133. The summed E-state index contributed by atoms with van der Waals surface area (Å²) in [6.45, 7) is 8.05. The van der Waals surface area contributed by atoms with E-state index in [9.17, 15) is 4.79 Å². The number of amides is 1. The zero-order valence-corrected chi connectivity index (χ0v) is 13.0. The standard InChI is InChI=1S/C15H26N4O/c1-5-15(6-8-16-9-7-15)14(20)18-11(2)13-10-17-19(4)12(13)3/h10-11,16H,5-9H2,1-4H3,(H,18,20). The van der Waals surface area contributed by atoms with Crippen LogP contribution in [0.4, 0.5) is 0 Å². The van der Waals surface area contributed by atoms with Crippen LogP contribution < -0.4 is 10.6 Å². The molecule has 1 amide bonds. The summed E-state index contributed by atoms with van der Waals surface area (Å²) in [7, 11) is 1.92. The molecule has 2 heterocycles. The predicted octanol–water partition coefficient (Wildman–Crippen LogP) is 1.69. The van der Waals surface area contributed by atoms with Crippen molar-refractivity contribution < 1.29 is 4.79 Å². The molecular formula is C15H26N4O. The van der Waals surface area contributed by atoms with Crippen LogP contribution in [-0.4, -0.2) is 28.8 Å². The van der Waals surface area contributed by atoms with Gasteiger partial charge in [0.2, 0.25) is 5.91 Å². The van der Waals surface area contributed by atoms with Gasteiger partial charge in [-0.1, -0.05) is 6.92 Å². The minimum absolute atomic E-state index is 0.00881. The monoisotopic (exact) mass is 278 g/mol. The van der Waals surface area contributed by atoms with Gasteiger partial charge in [-0.05, 0) is 46.2 Å². The van der Waals surface area contributed by atoms with Crippen LogP contribution in [0, 0.1) is 12.3 Å². The van der Waals surface area contributed by atoms with Gasteiger partial charge in [0.25, 0.3) is 0 Å². The number of aryl methyl sites for hydroxylation is 1. The molecular weight excluding hydrogens is 252 g/mol. The molecule has 0 saturated carbocycles. The van der Waals surface area contributed by atoms with Crippen molar-refractivity contribution >= 4 is 5.91 Å². The Morgan fingerprint density at radius 1 is 1.55 bits per heavy atom. The van der Waals surface area contributed by atoms with Crippen molar-refractivity contribution in [2.24, 2.45) is 12.5 Å². The maximum atomic E-state index is 12.7. The third kappa shape index (κ3) is 2.73. The van der Waals surface area contributed by atoms with Crippen molar-refractivity contribution in [3.05, 3.63) is 17.5 Å². The van der Waals surface area contributed by atoms with E-state index in [1.165, 1.54) is 0 Å². The normalized spacial score (nSPS) is 19.6. The number of hydrogen-bond donors (Lipinski definition) is 2. The molecule has 0 radical (unpaired) electrons. The molecule has 2 rings (SSSR count). The molecule has 0 spiro atoms. The van der Waals surface area contributed by atoms with Crippen molar-refractivity contribution in [3.8, 4) is 0 Å². The van der Waals surface area contributed by atoms with Crippen molar-refractivity contribution in [3.63, 3.8) is 0 Å². The summed E-state index contributed by atoms with van der Waals surface area (Å²) >= 11 is 0. The van der Waals surface area contributed by atoms with Crippen LogP contribution in [0.15, 0.2) is 6.20 Å². The SMILES string of the molecule is CCC1(C(=O)NC(C)c2cnn(C)c2C)CCNCC1. The summed E-state index contributed by atoms with van der Waals surface area (Å²) in [5.41, 5.74) is 2.00. The third-order valence-corrected chi connectivity index (χ3v) is 4.81. The summed E-state index contributed by atoms with van der Waals surface area (Å²) in [6, 6.07) is 0.00881. The van der Waals surface area contributed by atoms with Gasteiger partial charge in [-0.2, -0.15) is 5.10 Å². The van der Waals surface area contributed by atoms with Gasteiger partial charge in [0, 0.05) is 18.3 Å². The second kappa shape index (κ2) is 5.95. The first-order valence-electron chi connectivity index (χ1n) is 7.50. The zero-order valence-electron chi connectivity index (χ0n) is 13.0. The smallest absolute Gasteiger partial charge is 0.226 e. The van der Waals surface area contributed by atoms with Crippen LogP contribution in [0.3, 0.4) is 0 Å². The molecule has 1 atom stereocenters. The molecule has 0 aromatic carbocycles. The largest absolute Gasteiger partial charge is 0.349 e. The van der Waals surface area contributed by atoms with E-state index in [0.29, 0.717) is 0 Å². The Labute approximate surface area is 121 Å². The Bertz CT molecular complexity index is 474. The average molecular weight is 278 g/mol. The molecule has 1 aromatic rings. The van der Waals surface area contributed by atoms with Crippen LogP contribution in [0.5, 0.6) is 0 Å². The number of piperidine rings is 1. The van der Waals surface area contributed by atoms with Crippen molar-refractivity contribution in [2.75, 3.05) is 13.1 Å². The Hall–Kier alpha value is -1.36. The number of hydrogen-bond acceptors (Lipinski definition) is 3. The first kappa shape index (κ1) is 15.0. The highest BCUT2D eigenvalue weighted by atomic mass is 16.2. The number of nitrogens with one attached hydrogen (secondary N) is 2. The summed E-state index contributed by atoms with van der Waals surface area (Å²) < 4.78 is 1.85. The summed E-state index contributed by atoms with van der Waals surface area (Å²) in [5.74, 6) is 0.192. The maximum Gasteiger partial charge on any atom is 0.226 e. The first-order valence-corrected chi connectivity index (χ1v) is 7.50. The highest BCUT2D eigenvalue weighted by molar-refractivity contribution is 5.83. The van der Waals surface area contributed by atoms with E-state index >= 15 is 0 Å². The Kier molecular flexibility index (Phi) is 4.48. The summed E-state index contributed by atoms with van der Waals surface area (Å²) in [6.07, 6.45) is 4.60. The lowest BCUT2D eigenvalue weighted by atomic mass is 9.75. The topological polar surface area (TPSA) is 59.0 Å². The molecule has 20 heavy (non-hydrogen) atoms. The van der Waals surface area contributed by atoms with E-state index in [1.54, 1.807) is 0 Å². The van der Waals surface area contributed by atoms with E-state index in [0.717, 1.165) is 43.6 Å². The van der Waals surface area contributed by atoms with Crippen molar-refractivity contribution in [1.29, 1.82) is 0 Å². The molecule has 5 nitrogen and oxygen atoms in total. The highest BCUT2D eigenvalue weighted by Gasteiger charge is 2.38.